The van der Waals surface area contributed by atoms with Gasteiger partial charge in [0.25, 0.3) is 0 Å². The predicted octanol–water partition coefficient (Wildman–Crippen LogP) is 3.48. The van der Waals surface area contributed by atoms with E-state index < -0.39 is 0 Å². The molecule has 1 saturated heterocycles. The molecular weight excluding hydrogens is 330 g/mol. The van der Waals surface area contributed by atoms with Crippen molar-refractivity contribution in [3.63, 3.8) is 0 Å². The topological polar surface area (TPSA) is 45.2 Å². The quantitative estimate of drug-likeness (QED) is 0.893. The van der Waals surface area contributed by atoms with Crippen LogP contribution in [0.25, 0.3) is 0 Å². The van der Waals surface area contributed by atoms with Gasteiger partial charge in [-0.05, 0) is 79.8 Å². The minimum absolute atomic E-state index is 0.102. The molecule has 1 aliphatic heterocycles. The van der Waals surface area contributed by atoms with Gasteiger partial charge in [-0.25, -0.2) is 0 Å². The number of hydrogen-bond donors (Lipinski definition) is 1. The van der Waals surface area contributed by atoms with Gasteiger partial charge in [-0.1, -0.05) is 6.07 Å². The Morgan fingerprint density at radius 3 is 2.88 bits per heavy atom. The highest BCUT2D eigenvalue weighted by molar-refractivity contribution is 7.10. The second kappa shape index (κ2) is 7.67. The van der Waals surface area contributed by atoms with E-state index in [0.717, 1.165) is 18.7 Å². The van der Waals surface area contributed by atoms with E-state index in [-0.39, 0.29) is 11.9 Å². The first kappa shape index (κ1) is 16.7. The number of amides is 1. The fourth-order valence-corrected chi connectivity index (χ4v) is 5.20. The number of rotatable bonds is 5. The fourth-order valence-electron chi connectivity index (χ4n) is 4.05. The molecule has 4 nitrogen and oxygen atoms in total. The van der Waals surface area contributed by atoms with Crippen LogP contribution in [0.3, 0.4) is 0 Å². The minimum Gasteiger partial charge on any atom is -0.350 e. The lowest BCUT2D eigenvalue weighted by Crippen LogP contribution is -2.39. The number of carbonyl (C=O) groups excluding carboxylic acids is 1. The zero-order chi connectivity index (χ0) is 17.1. The molecule has 1 N–H and O–H groups in total. The van der Waals surface area contributed by atoms with Crippen molar-refractivity contribution in [3.8, 4) is 0 Å². The van der Waals surface area contributed by atoms with Crippen molar-refractivity contribution in [2.24, 2.45) is 0 Å². The van der Waals surface area contributed by atoms with E-state index in [1.165, 1.54) is 54.5 Å². The molecule has 3 heterocycles. The van der Waals surface area contributed by atoms with Crippen LogP contribution in [0.1, 0.15) is 53.3 Å². The van der Waals surface area contributed by atoms with Gasteiger partial charge in [0.05, 0.1) is 0 Å². The first-order chi connectivity index (χ1) is 12.3. The lowest BCUT2D eigenvalue weighted by Gasteiger charge is -2.26. The van der Waals surface area contributed by atoms with Gasteiger partial charge >= 0.3 is 0 Å². The molecule has 1 fully saturated rings. The van der Waals surface area contributed by atoms with Crippen LogP contribution in [0.5, 0.6) is 0 Å². The van der Waals surface area contributed by atoms with Crippen LogP contribution in [-0.2, 0) is 24.2 Å². The molecule has 4 rings (SSSR count). The summed E-state index contributed by atoms with van der Waals surface area (Å²) in [6.07, 6.45) is 10.9. The van der Waals surface area contributed by atoms with Crippen molar-refractivity contribution in [1.82, 2.24) is 15.2 Å². The van der Waals surface area contributed by atoms with Crippen molar-refractivity contribution in [1.29, 1.82) is 0 Å². The van der Waals surface area contributed by atoms with Gasteiger partial charge in [-0.2, -0.15) is 0 Å². The van der Waals surface area contributed by atoms with Crippen molar-refractivity contribution in [2.75, 3.05) is 13.1 Å². The maximum Gasteiger partial charge on any atom is 0.242 e. The van der Waals surface area contributed by atoms with E-state index in [1.54, 1.807) is 6.20 Å². The Hall–Kier alpha value is -1.72. The number of nitrogens with zero attached hydrogens (tertiary/aromatic N) is 2. The van der Waals surface area contributed by atoms with Gasteiger partial charge < -0.3 is 5.32 Å². The molecule has 1 unspecified atom stereocenters. The number of aromatic nitrogens is 1. The number of pyridine rings is 1. The summed E-state index contributed by atoms with van der Waals surface area (Å²) in [6, 6.07) is 3.72. The zero-order valence-electron chi connectivity index (χ0n) is 14.5. The van der Waals surface area contributed by atoms with Crippen molar-refractivity contribution in [2.45, 2.75) is 51.1 Å². The zero-order valence-corrected chi connectivity index (χ0v) is 15.4. The summed E-state index contributed by atoms with van der Waals surface area (Å²) in [4.78, 5) is 21.1. The van der Waals surface area contributed by atoms with Gasteiger partial charge in [0, 0.05) is 23.8 Å². The van der Waals surface area contributed by atoms with E-state index in [1.807, 2.05) is 29.7 Å². The van der Waals surface area contributed by atoms with Crippen molar-refractivity contribution >= 4 is 17.2 Å². The number of thiophene rings is 1. The molecule has 2 aliphatic rings. The molecule has 5 heteroatoms. The summed E-state index contributed by atoms with van der Waals surface area (Å²) >= 11 is 1.86. The first-order valence-corrected chi connectivity index (χ1v) is 10.2. The summed E-state index contributed by atoms with van der Waals surface area (Å²) in [5.74, 6) is 0.102. The van der Waals surface area contributed by atoms with Crippen LogP contribution in [-0.4, -0.2) is 28.9 Å². The second-order valence-corrected chi connectivity index (χ2v) is 7.98. The molecule has 0 bridgehead atoms. The van der Waals surface area contributed by atoms with Crippen LogP contribution >= 0.6 is 11.3 Å². The van der Waals surface area contributed by atoms with Crippen molar-refractivity contribution in [3.05, 3.63) is 51.5 Å². The van der Waals surface area contributed by atoms with Gasteiger partial charge in [-0.15, -0.1) is 11.3 Å². The van der Waals surface area contributed by atoms with E-state index in [9.17, 15) is 4.79 Å². The number of nitrogens with one attached hydrogen (secondary N) is 1. The molecule has 1 amide bonds. The number of fused-ring (bicyclic) bond motifs is 1. The summed E-state index contributed by atoms with van der Waals surface area (Å²) in [5, 5.41) is 5.45. The largest absolute Gasteiger partial charge is 0.350 e. The molecule has 0 saturated carbocycles. The van der Waals surface area contributed by atoms with E-state index in [4.69, 9.17) is 0 Å². The summed E-state index contributed by atoms with van der Waals surface area (Å²) in [6.45, 7) is 2.62. The number of likely N-dealkylation sites (tertiary alicyclic amines) is 1. The Balaban J connectivity index is 1.48. The number of carbonyl (C=O) groups is 1. The van der Waals surface area contributed by atoms with Crippen LogP contribution < -0.4 is 5.32 Å². The van der Waals surface area contributed by atoms with Gasteiger partial charge in [-0.3, -0.25) is 14.7 Å². The Morgan fingerprint density at radius 1 is 1.24 bits per heavy atom. The Kier molecular flexibility index (Phi) is 5.13. The maximum absolute atomic E-state index is 13.0. The Bertz CT molecular complexity index is 722. The van der Waals surface area contributed by atoms with Crippen LogP contribution in [0.15, 0.2) is 29.9 Å². The second-order valence-electron chi connectivity index (χ2n) is 7.02. The molecular formula is C20H25N3OS. The highest BCUT2D eigenvalue weighted by atomic mass is 32.1. The average Bonchev–Trinajstić information content (AvgIpc) is 3.31. The average molecular weight is 356 g/mol. The Morgan fingerprint density at radius 2 is 2.08 bits per heavy atom. The molecule has 2 aromatic rings. The Labute approximate surface area is 153 Å². The SMILES string of the molecule is O=C(NCc1csc2c1CCCC2)C(c1cccnc1)N1CCCC1. The number of hydrogen-bond acceptors (Lipinski definition) is 4. The lowest BCUT2D eigenvalue weighted by atomic mass is 9.96. The van der Waals surface area contributed by atoms with E-state index in [2.05, 4.69) is 20.6 Å². The molecule has 0 aromatic carbocycles. The summed E-state index contributed by atoms with van der Waals surface area (Å²) < 4.78 is 0. The molecule has 1 atom stereocenters. The predicted molar refractivity (Wildman–Crippen MR) is 101 cm³/mol. The normalized spacial score (nSPS) is 18.7. The van der Waals surface area contributed by atoms with E-state index in [0.29, 0.717) is 6.54 Å². The van der Waals surface area contributed by atoms with Crippen LogP contribution in [0.2, 0.25) is 0 Å². The summed E-state index contributed by atoms with van der Waals surface area (Å²) in [7, 11) is 0. The molecule has 0 spiro atoms. The molecule has 132 valence electrons. The molecule has 25 heavy (non-hydrogen) atoms. The fraction of sp³-hybridized carbons (Fsp3) is 0.500. The molecule has 0 radical (unpaired) electrons. The highest BCUT2D eigenvalue weighted by Crippen LogP contribution is 2.30. The number of aryl methyl sites for hydroxylation is 1. The molecule has 1 aliphatic carbocycles. The third-order valence-corrected chi connectivity index (χ3v) is 6.49. The standard InChI is InChI=1S/C20H25N3OS/c24-20(22-13-16-14-25-18-8-2-1-7-17(16)18)19(23-10-3-4-11-23)15-6-5-9-21-12-15/h5-6,9,12,14,19H,1-4,7-8,10-11,13H2,(H,22,24). The third kappa shape index (κ3) is 3.62. The molecule has 2 aromatic heterocycles. The van der Waals surface area contributed by atoms with Crippen LogP contribution in [0, 0.1) is 0 Å². The maximum atomic E-state index is 13.0. The minimum atomic E-state index is -0.217. The van der Waals surface area contributed by atoms with Gasteiger partial charge in [0.2, 0.25) is 5.91 Å². The smallest absolute Gasteiger partial charge is 0.242 e. The monoisotopic (exact) mass is 355 g/mol. The lowest BCUT2D eigenvalue weighted by molar-refractivity contribution is -0.126. The highest BCUT2D eigenvalue weighted by Gasteiger charge is 2.30. The van der Waals surface area contributed by atoms with Crippen molar-refractivity contribution < 1.29 is 4.79 Å². The van der Waals surface area contributed by atoms with E-state index >= 15 is 0 Å². The van der Waals surface area contributed by atoms with Gasteiger partial charge in [0.15, 0.2) is 0 Å². The van der Waals surface area contributed by atoms with Gasteiger partial charge in [0.1, 0.15) is 6.04 Å². The third-order valence-electron chi connectivity index (χ3n) is 5.36. The van der Waals surface area contributed by atoms with Crippen LogP contribution in [0.4, 0.5) is 0 Å². The first-order valence-electron chi connectivity index (χ1n) is 9.33. The summed E-state index contributed by atoms with van der Waals surface area (Å²) in [5.41, 5.74) is 3.81.